The molecule has 0 aromatic rings. The first-order valence-electron chi connectivity index (χ1n) is 9.53. The Labute approximate surface area is 165 Å². The summed E-state index contributed by atoms with van der Waals surface area (Å²) in [5, 5.41) is 9.59. The number of amides is 2. The largest absolute Gasteiger partial charge is 0.489 e. The number of carboxylic acid groups (broad SMARTS) is 1. The van der Waals surface area contributed by atoms with Gasteiger partial charge in [-0.1, -0.05) is 33.3 Å². The summed E-state index contributed by atoms with van der Waals surface area (Å²) in [7, 11) is 1.45. The van der Waals surface area contributed by atoms with Gasteiger partial charge in [-0.2, -0.15) is 0 Å². The summed E-state index contributed by atoms with van der Waals surface area (Å²) in [6.45, 7) is 7.03. The summed E-state index contributed by atoms with van der Waals surface area (Å²) >= 11 is 0. The van der Waals surface area contributed by atoms with Gasteiger partial charge in [0.05, 0.1) is 6.61 Å². The van der Waals surface area contributed by atoms with Gasteiger partial charge in [0.1, 0.15) is 5.92 Å². The van der Waals surface area contributed by atoms with Gasteiger partial charge in [0.15, 0.2) is 17.4 Å². The first-order valence-corrected chi connectivity index (χ1v) is 9.53. The number of rotatable bonds is 8. The molecule has 2 aliphatic rings. The molecule has 0 saturated heterocycles. The number of carbonyl (C=O) groups is 3. The van der Waals surface area contributed by atoms with E-state index in [0.29, 0.717) is 35.9 Å². The Kier molecular flexibility index (Phi) is 6.88. The average Bonchev–Trinajstić information content (AvgIpc) is 2.59. The zero-order chi connectivity index (χ0) is 21.0. The molecule has 8 heteroatoms. The summed E-state index contributed by atoms with van der Waals surface area (Å²) in [4.78, 5) is 38.7. The Hall–Kier alpha value is -2.77. The van der Waals surface area contributed by atoms with Gasteiger partial charge >= 0.3 is 6.09 Å². The minimum absolute atomic E-state index is 0.0543. The van der Waals surface area contributed by atoms with Crippen LogP contribution in [0.2, 0.25) is 0 Å². The highest BCUT2D eigenvalue weighted by molar-refractivity contribution is 6.05. The third kappa shape index (κ3) is 4.55. The Morgan fingerprint density at radius 3 is 2.64 bits per heavy atom. The van der Waals surface area contributed by atoms with Crippen molar-refractivity contribution >= 4 is 17.8 Å². The van der Waals surface area contributed by atoms with Gasteiger partial charge in [-0.25, -0.2) is 4.79 Å². The van der Waals surface area contributed by atoms with Gasteiger partial charge in [0.2, 0.25) is 5.91 Å². The van der Waals surface area contributed by atoms with Crippen molar-refractivity contribution < 1.29 is 24.2 Å². The Balaban J connectivity index is 2.63. The van der Waals surface area contributed by atoms with Crippen LogP contribution in [0.25, 0.3) is 0 Å². The molecule has 2 rings (SSSR count). The molecule has 0 bridgehead atoms. The molecule has 1 aliphatic carbocycles. The molecular formula is C20H29N3O5. The summed E-state index contributed by atoms with van der Waals surface area (Å²) < 4.78 is 6.01. The van der Waals surface area contributed by atoms with Crippen LogP contribution in [0.15, 0.2) is 35.0 Å². The maximum absolute atomic E-state index is 12.3. The summed E-state index contributed by atoms with van der Waals surface area (Å²) in [5.74, 6) is -1.03. The van der Waals surface area contributed by atoms with Crippen molar-refractivity contribution in [1.82, 2.24) is 9.80 Å². The molecule has 1 unspecified atom stereocenters. The Bertz CT molecular complexity index is 751. The van der Waals surface area contributed by atoms with Crippen LogP contribution in [0.5, 0.6) is 0 Å². The number of Topliss-reactive ketones (excluding diaryl/α,β-unsaturated/α-hetero) is 1. The number of unbranched alkanes of at least 4 members (excludes halogenated alkanes) is 1. The third-order valence-electron chi connectivity index (χ3n) is 4.64. The smallest absolute Gasteiger partial charge is 0.412 e. The zero-order valence-electron chi connectivity index (χ0n) is 16.9. The van der Waals surface area contributed by atoms with Gasteiger partial charge in [0, 0.05) is 31.8 Å². The summed E-state index contributed by atoms with van der Waals surface area (Å²) in [5.41, 5.74) is 6.66. The summed E-state index contributed by atoms with van der Waals surface area (Å²) in [6.07, 6.45) is 3.92. The fraction of sp³-hybridized carbons (Fsp3) is 0.550. The van der Waals surface area contributed by atoms with Crippen LogP contribution in [0.4, 0.5) is 4.79 Å². The van der Waals surface area contributed by atoms with E-state index in [1.54, 1.807) is 6.20 Å². The Morgan fingerprint density at radius 2 is 2.11 bits per heavy atom. The fourth-order valence-corrected chi connectivity index (χ4v) is 3.27. The van der Waals surface area contributed by atoms with E-state index in [0.717, 1.165) is 17.7 Å². The van der Waals surface area contributed by atoms with E-state index in [-0.39, 0.29) is 18.1 Å². The number of ketones is 1. The number of allylic oxidation sites excluding steroid dienone is 1. The van der Waals surface area contributed by atoms with Crippen LogP contribution in [0, 0.1) is 11.8 Å². The second-order valence-corrected chi connectivity index (χ2v) is 7.50. The minimum atomic E-state index is -1.13. The number of primary amides is 1. The fourth-order valence-electron chi connectivity index (χ4n) is 3.27. The van der Waals surface area contributed by atoms with E-state index < -0.39 is 17.9 Å². The molecule has 0 aromatic carbocycles. The Morgan fingerprint density at radius 1 is 1.43 bits per heavy atom. The molecule has 2 amide bonds. The van der Waals surface area contributed by atoms with Crippen LogP contribution >= 0.6 is 0 Å². The lowest BCUT2D eigenvalue weighted by atomic mass is 9.83. The molecule has 154 valence electrons. The maximum Gasteiger partial charge on any atom is 0.412 e. The predicted molar refractivity (Wildman–Crippen MR) is 104 cm³/mol. The monoisotopic (exact) mass is 391 g/mol. The molecular weight excluding hydrogens is 362 g/mol. The SMILES string of the molecule is CCCCOC1=C(N(C)C(=O)O)N(CC(C)C)C=C2CC(=O)C(C(N)=O)C=C21. The van der Waals surface area contributed by atoms with E-state index in [1.807, 2.05) is 25.7 Å². The lowest BCUT2D eigenvalue weighted by Gasteiger charge is -2.38. The van der Waals surface area contributed by atoms with Crippen LogP contribution in [-0.4, -0.2) is 52.9 Å². The van der Waals surface area contributed by atoms with E-state index in [2.05, 4.69) is 0 Å². The first kappa shape index (κ1) is 21.5. The molecule has 0 saturated carbocycles. The highest BCUT2D eigenvalue weighted by Crippen LogP contribution is 2.38. The number of carbonyl (C=O) groups excluding carboxylic acids is 2. The van der Waals surface area contributed by atoms with Crippen molar-refractivity contribution in [3.63, 3.8) is 0 Å². The average molecular weight is 391 g/mol. The van der Waals surface area contributed by atoms with Gasteiger partial charge in [-0.3, -0.25) is 14.5 Å². The van der Waals surface area contributed by atoms with Crippen molar-refractivity contribution in [3.05, 3.63) is 35.0 Å². The van der Waals surface area contributed by atoms with Crippen molar-refractivity contribution in [3.8, 4) is 0 Å². The third-order valence-corrected chi connectivity index (χ3v) is 4.64. The standard InChI is InChI=1S/C20H29N3O5/c1-5-6-7-28-17-14-9-15(18(21)25)16(24)8-13(14)11-23(10-12(2)3)19(17)22(4)20(26)27/h9,11-12,15H,5-8,10H2,1-4H3,(H2,21,25)(H,26,27). The number of hydrogen-bond donors (Lipinski definition) is 2. The van der Waals surface area contributed by atoms with Crippen molar-refractivity contribution in [2.75, 3.05) is 20.2 Å². The lowest BCUT2D eigenvalue weighted by molar-refractivity contribution is -0.130. The molecule has 0 fully saturated rings. The van der Waals surface area contributed by atoms with E-state index in [1.165, 1.54) is 13.1 Å². The van der Waals surface area contributed by atoms with Crippen LogP contribution in [0.3, 0.4) is 0 Å². The molecule has 3 N–H and O–H groups in total. The topological polar surface area (TPSA) is 113 Å². The quantitative estimate of drug-likeness (QED) is 0.485. The van der Waals surface area contributed by atoms with Crippen molar-refractivity contribution in [2.45, 2.75) is 40.0 Å². The predicted octanol–water partition coefficient (Wildman–Crippen LogP) is 2.44. The van der Waals surface area contributed by atoms with Gasteiger partial charge in [0.25, 0.3) is 0 Å². The summed E-state index contributed by atoms with van der Waals surface area (Å²) in [6, 6.07) is 0. The zero-order valence-corrected chi connectivity index (χ0v) is 16.9. The molecule has 1 heterocycles. The van der Waals surface area contributed by atoms with Crippen molar-refractivity contribution in [2.24, 2.45) is 17.6 Å². The normalized spacial score (nSPS) is 19.2. The van der Waals surface area contributed by atoms with Crippen LogP contribution in [0.1, 0.15) is 40.0 Å². The maximum atomic E-state index is 12.3. The van der Waals surface area contributed by atoms with Crippen molar-refractivity contribution in [1.29, 1.82) is 0 Å². The molecule has 1 aliphatic heterocycles. The number of hydrogen-bond acceptors (Lipinski definition) is 5. The number of nitrogens with two attached hydrogens (primary N) is 1. The first-order chi connectivity index (χ1) is 13.2. The molecule has 0 aromatic heterocycles. The van der Waals surface area contributed by atoms with Crippen LogP contribution < -0.4 is 5.73 Å². The van der Waals surface area contributed by atoms with E-state index >= 15 is 0 Å². The lowest BCUT2D eigenvalue weighted by Crippen LogP contribution is -2.41. The van der Waals surface area contributed by atoms with Gasteiger partial charge < -0.3 is 20.5 Å². The molecule has 28 heavy (non-hydrogen) atoms. The molecule has 8 nitrogen and oxygen atoms in total. The van der Waals surface area contributed by atoms with E-state index in [4.69, 9.17) is 10.5 Å². The number of ether oxygens (including phenoxy) is 1. The highest BCUT2D eigenvalue weighted by Gasteiger charge is 2.37. The van der Waals surface area contributed by atoms with Gasteiger partial charge in [-0.05, 0) is 17.9 Å². The minimum Gasteiger partial charge on any atom is -0.489 e. The number of nitrogens with zero attached hydrogens (tertiary/aromatic N) is 2. The number of fused-ring (bicyclic) bond motifs is 1. The second kappa shape index (κ2) is 8.95. The van der Waals surface area contributed by atoms with E-state index in [9.17, 15) is 19.5 Å². The second-order valence-electron chi connectivity index (χ2n) is 7.50. The molecule has 1 atom stereocenters. The molecule has 0 radical (unpaired) electrons. The highest BCUT2D eigenvalue weighted by atomic mass is 16.5. The van der Waals surface area contributed by atoms with Gasteiger partial charge in [-0.15, -0.1) is 0 Å². The molecule has 0 spiro atoms. The van der Waals surface area contributed by atoms with Crippen LogP contribution in [-0.2, 0) is 14.3 Å².